The molecule has 0 bridgehead atoms. The Balaban J connectivity index is 1.98. The third kappa shape index (κ3) is 3.61. The summed E-state index contributed by atoms with van der Waals surface area (Å²) in [5.41, 5.74) is -0.972. The van der Waals surface area contributed by atoms with E-state index in [9.17, 15) is 27.2 Å². The highest BCUT2D eigenvalue weighted by Gasteiger charge is 2.39. The Morgan fingerprint density at radius 3 is 2.50 bits per heavy atom. The van der Waals surface area contributed by atoms with Crippen molar-refractivity contribution in [1.29, 1.82) is 0 Å². The average Bonchev–Trinajstić information content (AvgIpc) is 2.75. The Morgan fingerprint density at radius 2 is 1.85 bits per heavy atom. The Hall–Kier alpha value is -3.10. The summed E-state index contributed by atoms with van der Waals surface area (Å²) in [4.78, 5) is 24.3. The Labute approximate surface area is 145 Å². The minimum absolute atomic E-state index is 0.120. The highest BCUT2D eigenvalue weighted by atomic mass is 19.4. The van der Waals surface area contributed by atoms with E-state index in [0.29, 0.717) is 0 Å². The maximum atomic E-state index is 13.2. The molecule has 136 valence electrons. The first kappa shape index (κ1) is 17.7. The molecule has 0 spiro atoms. The summed E-state index contributed by atoms with van der Waals surface area (Å²) in [5.74, 6) is -2.61. The minimum Gasteiger partial charge on any atom is -0.483 e. The maximum absolute atomic E-state index is 13.2. The van der Waals surface area contributed by atoms with E-state index < -0.39 is 47.8 Å². The Bertz CT molecular complexity index is 850. The van der Waals surface area contributed by atoms with E-state index in [2.05, 4.69) is 10.6 Å². The molecular formula is C17H12F4N2O3. The van der Waals surface area contributed by atoms with E-state index in [1.807, 2.05) is 0 Å². The van der Waals surface area contributed by atoms with Crippen LogP contribution in [0.15, 0.2) is 42.5 Å². The Kier molecular flexibility index (Phi) is 4.54. The lowest BCUT2D eigenvalue weighted by atomic mass is 10.0. The van der Waals surface area contributed by atoms with Crippen LogP contribution in [0.5, 0.6) is 5.75 Å². The van der Waals surface area contributed by atoms with Crippen LogP contribution >= 0.6 is 0 Å². The molecule has 0 fully saturated rings. The average molecular weight is 368 g/mol. The van der Waals surface area contributed by atoms with Gasteiger partial charge in [0.1, 0.15) is 17.6 Å². The topological polar surface area (TPSA) is 67.4 Å². The molecule has 2 aromatic carbocycles. The van der Waals surface area contributed by atoms with Gasteiger partial charge in [-0.15, -0.1) is 0 Å². The van der Waals surface area contributed by atoms with Crippen LogP contribution in [0.25, 0.3) is 0 Å². The van der Waals surface area contributed by atoms with Crippen LogP contribution < -0.4 is 15.4 Å². The number of rotatable bonds is 2. The molecule has 2 N–H and O–H groups in total. The smallest absolute Gasteiger partial charge is 0.419 e. The monoisotopic (exact) mass is 368 g/mol. The molecule has 0 radical (unpaired) electrons. The third-order valence-electron chi connectivity index (χ3n) is 3.69. The molecule has 5 nitrogen and oxygen atoms in total. The van der Waals surface area contributed by atoms with Crippen LogP contribution in [0.1, 0.15) is 17.2 Å². The summed E-state index contributed by atoms with van der Waals surface area (Å²) in [6.07, 6.45) is -4.71. The first-order chi connectivity index (χ1) is 12.3. The summed E-state index contributed by atoms with van der Waals surface area (Å²) < 4.78 is 57.5. The molecule has 0 aromatic heterocycles. The second-order valence-corrected chi connectivity index (χ2v) is 5.51. The van der Waals surface area contributed by atoms with Gasteiger partial charge < -0.3 is 15.4 Å². The molecule has 2 aromatic rings. The van der Waals surface area contributed by atoms with Crippen molar-refractivity contribution in [3.8, 4) is 5.75 Å². The molecule has 0 saturated carbocycles. The number of alkyl halides is 3. The molecule has 1 aliphatic rings. The van der Waals surface area contributed by atoms with E-state index in [4.69, 9.17) is 4.74 Å². The van der Waals surface area contributed by atoms with Crippen LogP contribution in [-0.4, -0.2) is 18.4 Å². The van der Waals surface area contributed by atoms with Crippen LogP contribution in [0.2, 0.25) is 0 Å². The van der Waals surface area contributed by atoms with Crippen molar-refractivity contribution in [2.45, 2.75) is 12.2 Å². The molecule has 26 heavy (non-hydrogen) atoms. The fourth-order valence-corrected chi connectivity index (χ4v) is 2.54. The van der Waals surface area contributed by atoms with Crippen molar-refractivity contribution >= 4 is 17.5 Å². The van der Waals surface area contributed by atoms with Gasteiger partial charge in [-0.2, -0.15) is 13.2 Å². The van der Waals surface area contributed by atoms with Crippen LogP contribution in [-0.2, 0) is 15.8 Å². The van der Waals surface area contributed by atoms with Crippen LogP contribution in [0.3, 0.4) is 0 Å². The number of fused-ring (bicyclic) bond motifs is 1. The van der Waals surface area contributed by atoms with E-state index >= 15 is 0 Å². The lowest BCUT2D eigenvalue weighted by molar-refractivity contribution is -0.139. The van der Waals surface area contributed by atoms with Gasteiger partial charge in [0.25, 0.3) is 11.8 Å². The van der Waals surface area contributed by atoms with Crippen molar-refractivity contribution in [3.63, 3.8) is 0 Å². The number of carbonyl (C=O) groups is 2. The molecule has 2 amide bonds. The number of amides is 2. The molecular weight excluding hydrogens is 356 g/mol. The zero-order chi connectivity index (χ0) is 18.9. The van der Waals surface area contributed by atoms with E-state index in [1.54, 1.807) is 0 Å². The summed E-state index contributed by atoms with van der Waals surface area (Å²) in [5, 5.41) is 4.76. The normalized spacial score (nSPS) is 16.8. The van der Waals surface area contributed by atoms with Gasteiger partial charge in [-0.3, -0.25) is 9.59 Å². The van der Waals surface area contributed by atoms with Crippen molar-refractivity contribution < 1.29 is 31.9 Å². The van der Waals surface area contributed by atoms with Gasteiger partial charge in [-0.25, -0.2) is 4.39 Å². The van der Waals surface area contributed by atoms with Crippen molar-refractivity contribution in [2.75, 3.05) is 11.9 Å². The van der Waals surface area contributed by atoms with E-state index in [0.717, 1.165) is 24.3 Å². The summed E-state index contributed by atoms with van der Waals surface area (Å²) >= 11 is 0. The molecule has 0 saturated heterocycles. The zero-order valence-corrected chi connectivity index (χ0v) is 13.1. The number of benzene rings is 2. The second kappa shape index (κ2) is 6.66. The number of nitrogens with one attached hydrogen (secondary N) is 2. The van der Waals surface area contributed by atoms with Crippen LogP contribution in [0.4, 0.5) is 23.2 Å². The van der Waals surface area contributed by atoms with Gasteiger partial charge in [-0.1, -0.05) is 12.1 Å². The molecule has 9 heteroatoms. The maximum Gasteiger partial charge on any atom is 0.419 e. The zero-order valence-electron chi connectivity index (χ0n) is 13.1. The number of hydrogen-bond acceptors (Lipinski definition) is 3. The van der Waals surface area contributed by atoms with E-state index in [-0.39, 0.29) is 11.3 Å². The SMILES string of the molecule is O=C1COc2c(cccc2C(F)(F)F)C(C(=O)Nc2ccc(F)cc2)N1. The van der Waals surface area contributed by atoms with Crippen molar-refractivity contribution in [1.82, 2.24) is 5.32 Å². The molecule has 1 unspecified atom stereocenters. The van der Waals surface area contributed by atoms with Gasteiger partial charge in [0, 0.05) is 11.3 Å². The van der Waals surface area contributed by atoms with Gasteiger partial charge in [0.05, 0.1) is 5.56 Å². The molecule has 1 aliphatic heterocycles. The fraction of sp³-hybridized carbons (Fsp3) is 0.176. The van der Waals surface area contributed by atoms with Crippen molar-refractivity contribution in [3.05, 3.63) is 59.4 Å². The molecule has 3 rings (SSSR count). The predicted molar refractivity (Wildman–Crippen MR) is 82.9 cm³/mol. The first-order valence-corrected chi connectivity index (χ1v) is 7.44. The number of para-hydroxylation sites is 1. The Morgan fingerprint density at radius 1 is 1.15 bits per heavy atom. The molecule has 1 atom stereocenters. The third-order valence-corrected chi connectivity index (χ3v) is 3.69. The second-order valence-electron chi connectivity index (χ2n) is 5.51. The highest BCUT2D eigenvalue weighted by molar-refractivity contribution is 5.99. The largest absolute Gasteiger partial charge is 0.483 e. The van der Waals surface area contributed by atoms with Crippen molar-refractivity contribution in [2.24, 2.45) is 0 Å². The summed E-state index contributed by atoms with van der Waals surface area (Å²) in [6.45, 7) is -0.652. The number of ether oxygens (including phenoxy) is 1. The molecule has 0 aliphatic carbocycles. The number of anilines is 1. The lowest BCUT2D eigenvalue weighted by Gasteiger charge is -2.19. The number of halogens is 4. The van der Waals surface area contributed by atoms with Gasteiger partial charge in [0.15, 0.2) is 6.61 Å². The quantitative estimate of drug-likeness (QED) is 0.801. The first-order valence-electron chi connectivity index (χ1n) is 7.44. The summed E-state index contributed by atoms with van der Waals surface area (Å²) in [7, 11) is 0. The summed E-state index contributed by atoms with van der Waals surface area (Å²) in [6, 6.07) is 6.60. The fourth-order valence-electron chi connectivity index (χ4n) is 2.54. The van der Waals surface area contributed by atoms with Gasteiger partial charge >= 0.3 is 6.18 Å². The minimum atomic E-state index is -4.71. The standard InChI is InChI=1S/C17H12F4N2O3/c18-9-4-6-10(7-5-9)22-16(25)14-11-2-1-3-12(17(19,20)21)15(11)26-8-13(24)23-14/h1-7,14H,8H2,(H,22,25)(H,23,24). The lowest BCUT2D eigenvalue weighted by Crippen LogP contribution is -2.37. The highest BCUT2D eigenvalue weighted by Crippen LogP contribution is 2.41. The molecule has 1 heterocycles. The predicted octanol–water partition coefficient (Wildman–Crippen LogP) is 3.03. The van der Waals surface area contributed by atoms with E-state index in [1.165, 1.54) is 18.2 Å². The van der Waals surface area contributed by atoms with Gasteiger partial charge in [-0.05, 0) is 30.3 Å². The van der Waals surface area contributed by atoms with Crippen LogP contribution in [0, 0.1) is 5.82 Å². The number of hydrogen-bond donors (Lipinski definition) is 2. The number of carbonyl (C=O) groups excluding carboxylic acids is 2. The van der Waals surface area contributed by atoms with Gasteiger partial charge in [0.2, 0.25) is 0 Å².